The molecule has 160 valence electrons. The predicted octanol–water partition coefficient (Wildman–Crippen LogP) is 2.15. The first kappa shape index (κ1) is 21.5. The third-order valence-electron chi connectivity index (χ3n) is 5.23. The normalized spacial score (nSPS) is 15.4. The van der Waals surface area contributed by atoms with Crippen molar-refractivity contribution in [2.24, 2.45) is 0 Å². The van der Waals surface area contributed by atoms with Gasteiger partial charge in [0.1, 0.15) is 6.04 Å². The SMILES string of the molecule is CCCCN1CCN([C@H](C(=O)N(C)Cc2cc(C)no2)c2ccccc2)C(=O)C1=O. The summed E-state index contributed by atoms with van der Waals surface area (Å²) in [5.74, 6) is -0.902. The Morgan fingerprint density at radius 2 is 1.93 bits per heavy atom. The molecule has 0 bridgehead atoms. The molecule has 3 rings (SSSR count). The van der Waals surface area contributed by atoms with Crippen LogP contribution < -0.4 is 0 Å². The fraction of sp³-hybridized carbons (Fsp3) is 0.455. The standard InChI is InChI=1S/C22H28N4O4/c1-4-5-11-25-12-13-26(22(29)21(25)28)19(17-9-7-6-8-10-17)20(27)24(3)15-18-14-16(2)23-30-18/h6-10,14,19H,4-5,11-13,15H2,1-3H3/t19-/m0/s1. The molecule has 0 N–H and O–H groups in total. The van der Waals surface area contributed by atoms with Gasteiger partial charge in [-0.3, -0.25) is 14.4 Å². The molecule has 2 heterocycles. The van der Waals surface area contributed by atoms with Crippen molar-refractivity contribution in [2.75, 3.05) is 26.7 Å². The molecule has 1 aliphatic heterocycles. The van der Waals surface area contributed by atoms with Crippen molar-refractivity contribution in [3.8, 4) is 0 Å². The van der Waals surface area contributed by atoms with Gasteiger partial charge >= 0.3 is 11.8 Å². The quantitative estimate of drug-likeness (QED) is 0.620. The molecular weight excluding hydrogens is 384 g/mol. The highest BCUT2D eigenvalue weighted by Gasteiger charge is 2.40. The second-order valence-electron chi connectivity index (χ2n) is 7.59. The Bertz CT molecular complexity index is 896. The monoisotopic (exact) mass is 412 g/mol. The van der Waals surface area contributed by atoms with E-state index in [-0.39, 0.29) is 12.5 Å². The molecule has 3 amide bonds. The number of rotatable bonds is 8. The fourth-order valence-corrected chi connectivity index (χ4v) is 3.60. The van der Waals surface area contributed by atoms with Crippen LogP contribution >= 0.6 is 0 Å². The molecule has 0 aliphatic carbocycles. The predicted molar refractivity (Wildman–Crippen MR) is 110 cm³/mol. The Hall–Kier alpha value is -3.16. The molecule has 1 fully saturated rings. The molecule has 1 saturated heterocycles. The van der Waals surface area contributed by atoms with E-state index in [4.69, 9.17) is 4.52 Å². The van der Waals surface area contributed by atoms with Crippen molar-refractivity contribution in [1.29, 1.82) is 0 Å². The Kier molecular flexibility index (Phi) is 6.87. The lowest BCUT2D eigenvalue weighted by molar-refractivity contribution is -0.161. The van der Waals surface area contributed by atoms with E-state index < -0.39 is 17.9 Å². The molecule has 8 nitrogen and oxygen atoms in total. The minimum absolute atomic E-state index is 0.224. The molecular formula is C22H28N4O4. The van der Waals surface area contributed by atoms with Crippen LogP contribution in [0.4, 0.5) is 0 Å². The number of benzene rings is 1. The first-order valence-electron chi connectivity index (χ1n) is 10.2. The Morgan fingerprint density at radius 1 is 1.20 bits per heavy atom. The number of hydrogen-bond acceptors (Lipinski definition) is 5. The minimum atomic E-state index is -0.870. The number of nitrogens with zero attached hydrogens (tertiary/aromatic N) is 4. The molecule has 30 heavy (non-hydrogen) atoms. The lowest BCUT2D eigenvalue weighted by atomic mass is 10.0. The number of hydrogen-bond donors (Lipinski definition) is 0. The number of piperazine rings is 1. The Labute approximate surface area is 176 Å². The Balaban J connectivity index is 1.83. The van der Waals surface area contributed by atoms with Crippen molar-refractivity contribution >= 4 is 17.7 Å². The third kappa shape index (κ3) is 4.69. The summed E-state index contributed by atoms with van der Waals surface area (Å²) in [5.41, 5.74) is 1.40. The number of carbonyl (C=O) groups is 3. The van der Waals surface area contributed by atoms with Crippen molar-refractivity contribution in [3.05, 3.63) is 53.4 Å². The van der Waals surface area contributed by atoms with Gasteiger partial charge in [-0.25, -0.2) is 0 Å². The molecule has 8 heteroatoms. The number of likely N-dealkylation sites (N-methyl/N-ethyl adjacent to an activating group) is 1. The zero-order valence-electron chi connectivity index (χ0n) is 17.7. The van der Waals surface area contributed by atoms with Crippen LogP contribution in [0.25, 0.3) is 0 Å². The summed E-state index contributed by atoms with van der Waals surface area (Å²) in [6, 6.07) is 9.99. The zero-order chi connectivity index (χ0) is 21.7. The van der Waals surface area contributed by atoms with E-state index in [2.05, 4.69) is 5.16 Å². The van der Waals surface area contributed by atoms with Crippen LogP contribution in [0.5, 0.6) is 0 Å². The maximum atomic E-state index is 13.4. The highest BCUT2D eigenvalue weighted by atomic mass is 16.5. The summed E-state index contributed by atoms with van der Waals surface area (Å²) in [7, 11) is 1.65. The first-order chi connectivity index (χ1) is 14.4. The number of aryl methyl sites for hydroxylation is 1. The van der Waals surface area contributed by atoms with Crippen molar-refractivity contribution in [2.45, 2.75) is 39.3 Å². The van der Waals surface area contributed by atoms with E-state index in [1.165, 1.54) is 9.80 Å². The molecule has 0 radical (unpaired) electrons. The zero-order valence-corrected chi connectivity index (χ0v) is 17.7. The molecule has 1 aliphatic rings. The Morgan fingerprint density at radius 3 is 2.57 bits per heavy atom. The second-order valence-corrected chi connectivity index (χ2v) is 7.59. The molecule has 1 aromatic heterocycles. The molecule has 0 saturated carbocycles. The van der Waals surface area contributed by atoms with Gasteiger partial charge in [0, 0.05) is 32.7 Å². The van der Waals surface area contributed by atoms with E-state index >= 15 is 0 Å². The van der Waals surface area contributed by atoms with Gasteiger partial charge in [0.15, 0.2) is 5.76 Å². The smallest absolute Gasteiger partial charge is 0.313 e. The third-order valence-corrected chi connectivity index (χ3v) is 5.23. The first-order valence-corrected chi connectivity index (χ1v) is 10.2. The lowest BCUT2D eigenvalue weighted by Crippen LogP contribution is -2.57. The maximum absolute atomic E-state index is 13.4. The van der Waals surface area contributed by atoms with Crippen LogP contribution in [0.1, 0.15) is 42.8 Å². The summed E-state index contributed by atoms with van der Waals surface area (Å²) >= 11 is 0. The van der Waals surface area contributed by atoms with E-state index in [1.807, 2.05) is 32.0 Å². The number of unbranched alkanes of at least 4 members (excludes halogenated alkanes) is 1. The largest absolute Gasteiger partial charge is 0.359 e. The topological polar surface area (TPSA) is 87.0 Å². The van der Waals surface area contributed by atoms with Gasteiger partial charge in [-0.2, -0.15) is 0 Å². The van der Waals surface area contributed by atoms with Gasteiger partial charge in [-0.05, 0) is 18.9 Å². The van der Waals surface area contributed by atoms with Gasteiger partial charge < -0.3 is 19.2 Å². The number of amides is 3. The lowest BCUT2D eigenvalue weighted by Gasteiger charge is -2.39. The average molecular weight is 412 g/mol. The van der Waals surface area contributed by atoms with Crippen LogP contribution in [0.2, 0.25) is 0 Å². The van der Waals surface area contributed by atoms with Gasteiger partial charge in [0.05, 0.1) is 12.2 Å². The van der Waals surface area contributed by atoms with Crippen molar-refractivity contribution in [3.63, 3.8) is 0 Å². The molecule has 0 spiro atoms. The fourth-order valence-electron chi connectivity index (χ4n) is 3.60. The van der Waals surface area contributed by atoms with E-state index in [0.29, 0.717) is 31.0 Å². The maximum Gasteiger partial charge on any atom is 0.313 e. The molecule has 2 aromatic rings. The minimum Gasteiger partial charge on any atom is -0.359 e. The second kappa shape index (κ2) is 9.56. The number of carbonyl (C=O) groups excluding carboxylic acids is 3. The summed E-state index contributed by atoms with van der Waals surface area (Å²) in [6.07, 6.45) is 1.79. The highest BCUT2D eigenvalue weighted by Crippen LogP contribution is 2.26. The van der Waals surface area contributed by atoms with E-state index in [0.717, 1.165) is 18.5 Å². The molecule has 1 aromatic carbocycles. The van der Waals surface area contributed by atoms with E-state index in [9.17, 15) is 14.4 Å². The van der Waals surface area contributed by atoms with Crippen LogP contribution in [0.15, 0.2) is 40.9 Å². The average Bonchev–Trinajstić information content (AvgIpc) is 3.16. The molecule has 0 unspecified atom stereocenters. The van der Waals surface area contributed by atoms with Crippen molar-refractivity contribution in [1.82, 2.24) is 19.9 Å². The summed E-state index contributed by atoms with van der Waals surface area (Å²) in [5, 5.41) is 3.85. The molecule has 1 atom stereocenters. The van der Waals surface area contributed by atoms with Gasteiger partial charge in [-0.15, -0.1) is 0 Å². The summed E-state index contributed by atoms with van der Waals surface area (Å²) in [6.45, 7) is 5.37. The van der Waals surface area contributed by atoms with Crippen molar-refractivity contribution < 1.29 is 18.9 Å². The van der Waals surface area contributed by atoms with Gasteiger partial charge in [0.25, 0.3) is 0 Å². The van der Waals surface area contributed by atoms with Crippen LogP contribution in [0.3, 0.4) is 0 Å². The number of aromatic nitrogens is 1. The van der Waals surface area contributed by atoms with Gasteiger partial charge in [-0.1, -0.05) is 48.8 Å². The van der Waals surface area contributed by atoms with E-state index in [1.54, 1.807) is 30.1 Å². The van der Waals surface area contributed by atoms with Gasteiger partial charge in [0.2, 0.25) is 5.91 Å². The van der Waals surface area contributed by atoms with Crippen LogP contribution in [-0.4, -0.2) is 64.3 Å². The summed E-state index contributed by atoms with van der Waals surface area (Å²) in [4.78, 5) is 43.5. The highest BCUT2D eigenvalue weighted by molar-refractivity contribution is 6.35. The van der Waals surface area contributed by atoms with Crippen LogP contribution in [-0.2, 0) is 20.9 Å². The van der Waals surface area contributed by atoms with Crippen LogP contribution in [0, 0.1) is 6.92 Å². The summed E-state index contributed by atoms with van der Waals surface area (Å²) < 4.78 is 5.22.